The van der Waals surface area contributed by atoms with Crippen LogP contribution < -0.4 is 10.2 Å². The summed E-state index contributed by atoms with van der Waals surface area (Å²) in [4.78, 5) is 31.4. The maximum absolute atomic E-state index is 13.5. The second kappa shape index (κ2) is 9.30. The van der Waals surface area contributed by atoms with Gasteiger partial charge >= 0.3 is 6.18 Å². The number of amides is 2. The largest absolute Gasteiger partial charge is 0.416 e. The Morgan fingerprint density at radius 2 is 1.94 bits per heavy atom. The molecule has 1 N–H and O–H groups in total. The molecular weight excluding hydrogens is 467 g/mol. The fraction of sp³-hybridized carbons (Fsp3) is 0.107. The molecule has 2 amide bonds. The van der Waals surface area contributed by atoms with Crippen molar-refractivity contribution in [1.82, 2.24) is 4.98 Å². The average molecular weight is 487 g/mol. The zero-order valence-corrected chi connectivity index (χ0v) is 18.9. The van der Waals surface area contributed by atoms with Gasteiger partial charge in [0.25, 0.3) is 5.91 Å². The Labute approximate surface area is 204 Å². The van der Waals surface area contributed by atoms with E-state index in [1.807, 2.05) is 24.3 Å². The van der Waals surface area contributed by atoms with E-state index in [0.717, 1.165) is 17.5 Å². The molecule has 0 bridgehead atoms. The van der Waals surface area contributed by atoms with Crippen LogP contribution in [0.15, 0.2) is 96.9 Å². The average Bonchev–Trinajstić information content (AvgIpc) is 2.88. The molecule has 3 aromatic rings. The lowest BCUT2D eigenvalue weighted by atomic mass is 9.95. The molecule has 5 rings (SSSR count). The maximum atomic E-state index is 13.5. The number of nitrogens with one attached hydrogen (secondary N) is 1. The number of hydrogen-bond acceptors (Lipinski definition) is 3. The predicted octanol–water partition coefficient (Wildman–Crippen LogP) is 6.41. The summed E-state index contributed by atoms with van der Waals surface area (Å²) in [6, 6.07) is 12.2. The van der Waals surface area contributed by atoms with Crippen LogP contribution in [0.2, 0.25) is 0 Å². The van der Waals surface area contributed by atoms with Crippen molar-refractivity contribution in [2.75, 3.05) is 10.2 Å². The van der Waals surface area contributed by atoms with Crippen LogP contribution in [0.25, 0.3) is 16.5 Å². The van der Waals surface area contributed by atoms with Crippen molar-refractivity contribution in [3.05, 3.63) is 108 Å². The lowest BCUT2D eigenvalue weighted by molar-refractivity contribution is -0.137. The van der Waals surface area contributed by atoms with E-state index in [0.29, 0.717) is 40.8 Å². The number of anilines is 2. The quantitative estimate of drug-likeness (QED) is 0.434. The summed E-state index contributed by atoms with van der Waals surface area (Å²) in [7, 11) is 0. The number of nitrogens with zero attached hydrogens (tertiary/aromatic N) is 2. The highest BCUT2D eigenvalue weighted by molar-refractivity contribution is 6.13. The molecule has 2 aliphatic rings. The van der Waals surface area contributed by atoms with Gasteiger partial charge in [0.1, 0.15) is 0 Å². The van der Waals surface area contributed by atoms with Crippen molar-refractivity contribution < 1.29 is 22.8 Å². The number of pyridine rings is 1. The zero-order chi connectivity index (χ0) is 25.3. The second-order valence-electron chi connectivity index (χ2n) is 8.38. The number of rotatable bonds is 3. The molecule has 5 nitrogen and oxygen atoms in total. The third kappa shape index (κ3) is 4.70. The highest BCUT2D eigenvalue weighted by atomic mass is 19.4. The van der Waals surface area contributed by atoms with Crippen LogP contribution in [-0.4, -0.2) is 16.8 Å². The summed E-state index contributed by atoms with van der Waals surface area (Å²) < 4.78 is 40.4. The fourth-order valence-electron chi connectivity index (χ4n) is 4.18. The first kappa shape index (κ1) is 23.3. The van der Waals surface area contributed by atoms with Gasteiger partial charge in [-0.1, -0.05) is 36.4 Å². The molecule has 0 fully saturated rings. The SMILES string of the molecule is O=C(C=C1C=CN(C(=O)C2=CC=CCC2)c2cc(C(F)(F)F)ccc21)Nc1ccc2cccnc2c1. The van der Waals surface area contributed by atoms with Crippen molar-refractivity contribution in [3.63, 3.8) is 0 Å². The first-order valence-corrected chi connectivity index (χ1v) is 11.3. The molecule has 0 spiro atoms. The fourth-order valence-corrected chi connectivity index (χ4v) is 4.18. The number of halogens is 3. The van der Waals surface area contributed by atoms with Crippen molar-refractivity contribution in [2.24, 2.45) is 0 Å². The Morgan fingerprint density at radius 3 is 2.72 bits per heavy atom. The third-order valence-electron chi connectivity index (χ3n) is 5.97. The highest BCUT2D eigenvalue weighted by Crippen LogP contribution is 2.39. The van der Waals surface area contributed by atoms with E-state index in [-0.39, 0.29) is 5.69 Å². The molecule has 0 saturated carbocycles. The van der Waals surface area contributed by atoms with Crippen LogP contribution in [-0.2, 0) is 15.8 Å². The normalized spacial score (nSPS) is 16.1. The molecule has 0 atom stereocenters. The summed E-state index contributed by atoms with van der Waals surface area (Å²) in [5, 5.41) is 3.69. The van der Waals surface area contributed by atoms with Gasteiger partial charge in [-0.05, 0) is 54.8 Å². The number of benzene rings is 2. The van der Waals surface area contributed by atoms with Crippen LogP contribution in [0.5, 0.6) is 0 Å². The molecule has 1 aliphatic carbocycles. The van der Waals surface area contributed by atoms with Crippen molar-refractivity contribution >= 4 is 39.7 Å². The Morgan fingerprint density at radius 1 is 1.08 bits per heavy atom. The molecule has 2 aromatic carbocycles. The lowest BCUT2D eigenvalue weighted by Crippen LogP contribution is -2.30. The molecule has 0 saturated heterocycles. The standard InChI is InChI=1S/C28H20F3N3O2/c29-28(30,31)21-9-11-23-20(12-14-34(25(23)16-21)27(36)19-5-2-1-3-6-19)15-26(35)33-22-10-8-18-7-4-13-32-24(18)17-22/h1-2,4-5,7-17H,3,6H2,(H,33,35). The predicted molar refractivity (Wildman–Crippen MR) is 133 cm³/mol. The van der Waals surface area contributed by atoms with E-state index in [1.165, 1.54) is 23.2 Å². The summed E-state index contributed by atoms with van der Waals surface area (Å²) in [6.07, 6.45) is 7.86. The van der Waals surface area contributed by atoms with Crippen molar-refractivity contribution in [1.29, 1.82) is 0 Å². The smallest absolute Gasteiger partial charge is 0.322 e. The maximum Gasteiger partial charge on any atom is 0.416 e. The van der Waals surface area contributed by atoms with Crippen LogP contribution in [0.4, 0.5) is 24.5 Å². The molecule has 36 heavy (non-hydrogen) atoms. The summed E-state index contributed by atoms with van der Waals surface area (Å²) >= 11 is 0. The Bertz CT molecular complexity index is 1500. The minimum atomic E-state index is -4.58. The number of hydrogen-bond donors (Lipinski definition) is 1. The van der Waals surface area contributed by atoms with Crippen molar-refractivity contribution in [3.8, 4) is 0 Å². The van der Waals surface area contributed by atoms with E-state index in [9.17, 15) is 22.8 Å². The van der Waals surface area contributed by atoms with Gasteiger partial charge in [0, 0.05) is 40.7 Å². The van der Waals surface area contributed by atoms with Gasteiger partial charge in [-0.2, -0.15) is 13.2 Å². The molecular formula is C28H20F3N3O2. The summed E-state index contributed by atoms with van der Waals surface area (Å²) in [5.74, 6) is -0.862. The first-order chi connectivity index (χ1) is 17.3. The first-order valence-electron chi connectivity index (χ1n) is 11.3. The van der Waals surface area contributed by atoms with Gasteiger partial charge in [0.05, 0.1) is 16.8 Å². The molecule has 180 valence electrons. The summed E-state index contributed by atoms with van der Waals surface area (Å²) in [5.41, 5.74) is 1.68. The number of fused-ring (bicyclic) bond motifs is 2. The van der Waals surface area contributed by atoms with E-state index < -0.39 is 23.6 Å². The second-order valence-corrected chi connectivity index (χ2v) is 8.38. The van der Waals surface area contributed by atoms with Crippen molar-refractivity contribution in [2.45, 2.75) is 19.0 Å². The Hall–Kier alpha value is -4.46. The third-order valence-corrected chi connectivity index (χ3v) is 5.97. The Kier molecular flexibility index (Phi) is 6.01. The van der Waals surface area contributed by atoms with Gasteiger partial charge in [-0.25, -0.2) is 0 Å². The topological polar surface area (TPSA) is 62.3 Å². The molecule has 1 aliphatic heterocycles. The van der Waals surface area contributed by atoms with Gasteiger partial charge in [0.15, 0.2) is 0 Å². The Balaban J connectivity index is 1.48. The van der Waals surface area contributed by atoms with Gasteiger partial charge < -0.3 is 5.32 Å². The number of carbonyl (C=O) groups is 2. The molecule has 0 unspecified atom stereocenters. The lowest BCUT2D eigenvalue weighted by Gasteiger charge is -2.28. The van der Waals surface area contributed by atoms with E-state index in [4.69, 9.17) is 0 Å². The van der Waals surface area contributed by atoms with E-state index >= 15 is 0 Å². The van der Waals surface area contributed by atoms with E-state index in [1.54, 1.807) is 36.6 Å². The molecule has 2 heterocycles. The van der Waals surface area contributed by atoms with Gasteiger partial charge in [0.2, 0.25) is 5.91 Å². The van der Waals surface area contributed by atoms with Gasteiger partial charge in [-0.3, -0.25) is 19.5 Å². The number of aromatic nitrogens is 1. The zero-order valence-electron chi connectivity index (χ0n) is 18.9. The number of carbonyl (C=O) groups excluding carboxylic acids is 2. The van der Waals surface area contributed by atoms with Gasteiger partial charge in [-0.15, -0.1) is 0 Å². The highest BCUT2D eigenvalue weighted by Gasteiger charge is 2.33. The number of allylic oxidation sites excluding steroid dienone is 5. The minimum Gasteiger partial charge on any atom is -0.322 e. The summed E-state index contributed by atoms with van der Waals surface area (Å²) in [6.45, 7) is 0. The van der Waals surface area contributed by atoms with Crippen LogP contribution in [0.3, 0.4) is 0 Å². The van der Waals surface area contributed by atoms with E-state index in [2.05, 4.69) is 10.3 Å². The molecule has 8 heteroatoms. The monoisotopic (exact) mass is 487 g/mol. The van der Waals surface area contributed by atoms with Crippen LogP contribution in [0, 0.1) is 0 Å². The minimum absolute atomic E-state index is 0.0710. The van der Waals surface area contributed by atoms with Crippen LogP contribution >= 0.6 is 0 Å². The van der Waals surface area contributed by atoms with Crippen LogP contribution in [0.1, 0.15) is 24.0 Å². The molecule has 1 aromatic heterocycles. The molecule has 0 radical (unpaired) electrons. The number of alkyl halides is 3.